The fraction of sp³-hybridized carbons (Fsp3) is 0.318. The Morgan fingerprint density at radius 2 is 1.83 bits per heavy atom. The molecule has 0 radical (unpaired) electrons. The quantitative estimate of drug-likeness (QED) is 0.683. The van der Waals surface area contributed by atoms with Crippen LogP contribution in [-0.2, 0) is 0 Å². The second kappa shape index (κ2) is 8.05. The molecule has 0 aliphatic carbocycles. The van der Waals surface area contributed by atoms with Gasteiger partial charge in [0.25, 0.3) is 0 Å². The average molecular weight is 416 g/mol. The molecular formula is C22H23ClFN3O2. The molecule has 5 nitrogen and oxygen atoms in total. The minimum Gasteiger partial charge on any atom is -0.496 e. The Bertz CT molecular complexity index is 1070. The van der Waals surface area contributed by atoms with Gasteiger partial charge >= 0.3 is 0 Å². The van der Waals surface area contributed by atoms with Crippen molar-refractivity contribution in [1.82, 2.24) is 10.3 Å². The van der Waals surface area contributed by atoms with Crippen molar-refractivity contribution < 1.29 is 13.9 Å². The lowest BCUT2D eigenvalue weighted by atomic mass is 9.95. The number of anilines is 1. The molecule has 0 bridgehead atoms. The van der Waals surface area contributed by atoms with Gasteiger partial charge in [-0.3, -0.25) is 4.98 Å². The Kier molecular flexibility index (Phi) is 5.48. The average Bonchev–Trinajstić information content (AvgIpc) is 2.74. The molecule has 152 valence electrons. The number of halogens is 2. The standard InChI is InChI=1S/C22H23ClFN3O2/c1-13-19(20-16(24)5-4-6-17(20)28-2)15(23)11-14-21(13)26-12-18(29-3)22(14)27-9-7-25-8-10-27/h4-6,11-12,25H,7-10H2,1-3H3. The third-order valence-corrected chi connectivity index (χ3v) is 5.69. The van der Waals surface area contributed by atoms with Crippen LogP contribution in [0.25, 0.3) is 22.0 Å². The van der Waals surface area contributed by atoms with Gasteiger partial charge < -0.3 is 19.7 Å². The number of rotatable bonds is 4. The number of methoxy groups -OCH3 is 2. The number of fused-ring (bicyclic) bond motifs is 1. The maximum Gasteiger partial charge on any atom is 0.161 e. The Balaban J connectivity index is 2.00. The molecule has 0 saturated carbocycles. The fourth-order valence-electron chi connectivity index (χ4n) is 4.02. The molecule has 1 saturated heterocycles. The van der Waals surface area contributed by atoms with Gasteiger partial charge in [-0.05, 0) is 30.7 Å². The SMILES string of the molecule is COc1cccc(F)c1-c1c(Cl)cc2c(N3CCNCC3)c(OC)cnc2c1C. The molecule has 0 amide bonds. The zero-order valence-corrected chi connectivity index (χ0v) is 17.4. The zero-order chi connectivity index (χ0) is 20.5. The van der Waals surface area contributed by atoms with Crippen LogP contribution in [0.5, 0.6) is 11.5 Å². The molecule has 1 N–H and O–H groups in total. The molecule has 2 aromatic carbocycles. The van der Waals surface area contributed by atoms with Gasteiger partial charge in [-0.25, -0.2) is 4.39 Å². The molecule has 29 heavy (non-hydrogen) atoms. The van der Waals surface area contributed by atoms with Crippen molar-refractivity contribution in [3.05, 3.63) is 46.9 Å². The number of hydrogen-bond donors (Lipinski definition) is 1. The summed E-state index contributed by atoms with van der Waals surface area (Å²) in [5, 5.41) is 4.71. The van der Waals surface area contributed by atoms with Gasteiger partial charge in [0.15, 0.2) is 5.75 Å². The van der Waals surface area contributed by atoms with Crippen molar-refractivity contribution in [1.29, 1.82) is 0 Å². The van der Waals surface area contributed by atoms with E-state index in [1.807, 2.05) is 13.0 Å². The monoisotopic (exact) mass is 415 g/mol. The number of aryl methyl sites for hydroxylation is 1. The Hall–Kier alpha value is -2.57. The van der Waals surface area contributed by atoms with Gasteiger partial charge in [0.2, 0.25) is 0 Å². The molecular weight excluding hydrogens is 393 g/mol. The number of nitrogens with one attached hydrogen (secondary N) is 1. The van der Waals surface area contributed by atoms with E-state index in [4.69, 9.17) is 21.1 Å². The summed E-state index contributed by atoms with van der Waals surface area (Å²) in [5.41, 5.74) is 3.48. The fourth-order valence-corrected chi connectivity index (χ4v) is 4.36. The summed E-state index contributed by atoms with van der Waals surface area (Å²) in [6.45, 7) is 5.41. The van der Waals surface area contributed by atoms with Crippen LogP contribution in [-0.4, -0.2) is 45.4 Å². The van der Waals surface area contributed by atoms with Crippen molar-refractivity contribution in [2.45, 2.75) is 6.92 Å². The second-order valence-electron chi connectivity index (χ2n) is 6.98. The normalized spacial score (nSPS) is 14.3. The van der Waals surface area contributed by atoms with Crippen LogP contribution < -0.4 is 19.7 Å². The first-order valence-electron chi connectivity index (χ1n) is 9.51. The highest BCUT2D eigenvalue weighted by atomic mass is 35.5. The third-order valence-electron chi connectivity index (χ3n) is 5.39. The third kappa shape index (κ3) is 3.36. The highest BCUT2D eigenvalue weighted by molar-refractivity contribution is 6.35. The lowest BCUT2D eigenvalue weighted by Crippen LogP contribution is -2.43. The van der Waals surface area contributed by atoms with Crippen LogP contribution in [0.4, 0.5) is 10.1 Å². The maximum atomic E-state index is 14.8. The number of benzene rings is 2. The van der Waals surface area contributed by atoms with Gasteiger partial charge in [0.1, 0.15) is 11.6 Å². The molecule has 1 fully saturated rings. The van der Waals surface area contributed by atoms with E-state index in [1.165, 1.54) is 13.2 Å². The van der Waals surface area contributed by atoms with E-state index in [2.05, 4.69) is 15.2 Å². The van der Waals surface area contributed by atoms with Gasteiger partial charge in [0, 0.05) is 42.2 Å². The van der Waals surface area contributed by atoms with Crippen LogP contribution >= 0.6 is 11.6 Å². The van der Waals surface area contributed by atoms with Crippen molar-refractivity contribution in [2.75, 3.05) is 45.3 Å². The van der Waals surface area contributed by atoms with Gasteiger partial charge in [0.05, 0.1) is 37.2 Å². The van der Waals surface area contributed by atoms with E-state index >= 15 is 0 Å². The summed E-state index contributed by atoms with van der Waals surface area (Å²) >= 11 is 6.73. The summed E-state index contributed by atoms with van der Waals surface area (Å²) < 4.78 is 25.8. The van der Waals surface area contributed by atoms with Gasteiger partial charge in [-0.1, -0.05) is 17.7 Å². The molecule has 7 heteroatoms. The predicted octanol–water partition coefficient (Wildman–Crippen LogP) is 4.43. The van der Waals surface area contributed by atoms with E-state index < -0.39 is 0 Å². The number of nitrogens with zero attached hydrogens (tertiary/aromatic N) is 2. The molecule has 0 unspecified atom stereocenters. The van der Waals surface area contributed by atoms with Gasteiger partial charge in [-0.15, -0.1) is 0 Å². The smallest absolute Gasteiger partial charge is 0.161 e. The summed E-state index contributed by atoms with van der Waals surface area (Å²) in [7, 11) is 3.16. The predicted molar refractivity (Wildman–Crippen MR) is 115 cm³/mol. The number of hydrogen-bond acceptors (Lipinski definition) is 5. The molecule has 3 aromatic rings. The molecule has 0 atom stereocenters. The second-order valence-corrected chi connectivity index (χ2v) is 7.39. The molecule has 4 rings (SSSR count). The number of aromatic nitrogens is 1. The van der Waals surface area contributed by atoms with Crippen molar-refractivity contribution in [3.8, 4) is 22.6 Å². The van der Waals surface area contributed by atoms with Crippen molar-refractivity contribution in [2.24, 2.45) is 0 Å². The highest BCUT2D eigenvalue weighted by Crippen LogP contribution is 2.45. The van der Waals surface area contributed by atoms with Crippen LogP contribution in [0.2, 0.25) is 5.02 Å². The van der Waals surface area contributed by atoms with Crippen LogP contribution in [0.15, 0.2) is 30.5 Å². The van der Waals surface area contributed by atoms with E-state index in [9.17, 15) is 4.39 Å². The number of ether oxygens (including phenoxy) is 2. The summed E-state index contributed by atoms with van der Waals surface area (Å²) in [6, 6.07) is 6.61. The first-order valence-corrected chi connectivity index (χ1v) is 9.89. The highest BCUT2D eigenvalue weighted by Gasteiger charge is 2.24. The summed E-state index contributed by atoms with van der Waals surface area (Å²) in [4.78, 5) is 6.91. The van der Waals surface area contributed by atoms with Crippen molar-refractivity contribution in [3.63, 3.8) is 0 Å². The van der Waals surface area contributed by atoms with E-state index in [-0.39, 0.29) is 5.82 Å². The van der Waals surface area contributed by atoms with Crippen LogP contribution in [0.1, 0.15) is 5.56 Å². The minimum absolute atomic E-state index is 0.348. The molecule has 1 aromatic heterocycles. The van der Waals surface area contributed by atoms with Crippen molar-refractivity contribution >= 4 is 28.2 Å². The zero-order valence-electron chi connectivity index (χ0n) is 16.7. The molecule has 1 aliphatic heterocycles. The first kappa shape index (κ1) is 19.7. The van der Waals surface area contributed by atoms with Crippen LogP contribution in [0.3, 0.4) is 0 Å². The number of piperazine rings is 1. The summed E-state index contributed by atoms with van der Waals surface area (Å²) in [5.74, 6) is 0.751. The topological polar surface area (TPSA) is 46.6 Å². The molecule has 0 spiro atoms. The minimum atomic E-state index is -0.385. The Morgan fingerprint density at radius 3 is 2.52 bits per heavy atom. The molecule has 2 heterocycles. The van der Waals surface area contributed by atoms with E-state index in [1.54, 1.807) is 25.4 Å². The maximum absolute atomic E-state index is 14.8. The van der Waals surface area contributed by atoms with E-state index in [0.29, 0.717) is 27.6 Å². The van der Waals surface area contributed by atoms with Gasteiger partial charge in [-0.2, -0.15) is 0 Å². The van der Waals surface area contributed by atoms with E-state index in [0.717, 1.165) is 48.3 Å². The lowest BCUT2D eigenvalue weighted by molar-refractivity contribution is 0.412. The largest absolute Gasteiger partial charge is 0.496 e. The number of pyridine rings is 1. The Labute approximate surface area is 174 Å². The summed E-state index contributed by atoms with van der Waals surface area (Å²) in [6.07, 6.45) is 1.73. The molecule has 1 aliphatic rings. The van der Waals surface area contributed by atoms with Crippen LogP contribution in [0, 0.1) is 12.7 Å². The Morgan fingerprint density at radius 1 is 1.10 bits per heavy atom. The lowest BCUT2D eigenvalue weighted by Gasteiger charge is -2.31. The first-order chi connectivity index (χ1) is 14.1.